The summed E-state index contributed by atoms with van der Waals surface area (Å²) in [5, 5.41) is 2.80. The summed E-state index contributed by atoms with van der Waals surface area (Å²) in [7, 11) is 0. The zero-order valence-corrected chi connectivity index (χ0v) is 7.82. The lowest BCUT2D eigenvalue weighted by atomic mass is 10.0. The topological polar surface area (TPSA) is 68.3 Å². The molecule has 0 spiro atoms. The van der Waals surface area contributed by atoms with Crippen LogP contribution in [-0.4, -0.2) is 4.98 Å². The van der Waals surface area contributed by atoms with E-state index in [-0.39, 0.29) is 6.54 Å². The van der Waals surface area contributed by atoms with Crippen molar-refractivity contribution in [2.45, 2.75) is 26.3 Å². The molecule has 2 N–H and O–H groups in total. The van der Waals surface area contributed by atoms with E-state index in [1.165, 1.54) is 0 Å². The Hall–Kier alpha value is -1.45. The summed E-state index contributed by atoms with van der Waals surface area (Å²) < 4.78 is 0. The van der Waals surface area contributed by atoms with Crippen molar-refractivity contribution in [1.29, 1.82) is 0 Å². The predicted octanol–water partition coefficient (Wildman–Crippen LogP) is 2.05. The molecule has 0 saturated carbocycles. The monoisotopic (exact) mass is 179 g/mol. The number of aromatic nitrogens is 1. The molecule has 0 radical (unpaired) electrons. The summed E-state index contributed by atoms with van der Waals surface area (Å²) in [5.74, 6) is 0.780. The van der Waals surface area contributed by atoms with Crippen molar-refractivity contribution in [3.8, 4) is 0 Å². The third kappa shape index (κ3) is 2.24. The van der Waals surface area contributed by atoms with Crippen LogP contribution in [0.4, 0.5) is 5.82 Å². The summed E-state index contributed by atoms with van der Waals surface area (Å²) in [4.78, 5) is 14.1. The van der Waals surface area contributed by atoms with Crippen LogP contribution in [0.3, 0.4) is 0 Å². The van der Waals surface area contributed by atoms with Gasteiger partial charge in [-0.15, -0.1) is 0 Å². The second-order valence-corrected chi connectivity index (χ2v) is 3.25. The average molecular weight is 179 g/mol. The van der Waals surface area contributed by atoms with E-state index in [1.807, 2.05) is 6.07 Å². The van der Waals surface area contributed by atoms with Gasteiger partial charge in [-0.25, -0.2) is 4.98 Å². The van der Waals surface area contributed by atoms with Crippen molar-refractivity contribution in [2.75, 3.05) is 5.73 Å². The molecular weight excluding hydrogens is 166 g/mol. The quantitative estimate of drug-likeness (QED) is 0.722. The number of hydrogen-bond acceptors (Lipinski definition) is 4. The minimum Gasteiger partial charge on any atom is -0.383 e. The molecule has 4 heteroatoms. The number of nitrogens with two attached hydrogens (primary N) is 1. The van der Waals surface area contributed by atoms with Gasteiger partial charge in [-0.1, -0.05) is 19.0 Å². The van der Waals surface area contributed by atoms with Gasteiger partial charge in [0.25, 0.3) is 0 Å². The van der Waals surface area contributed by atoms with Crippen LogP contribution in [0.5, 0.6) is 0 Å². The molecule has 0 unspecified atom stereocenters. The Morgan fingerprint density at radius 3 is 2.85 bits per heavy atom. The average Bonchev–Trinajstić information content (AvgIpc) is 2.08. The highest BCUT2D eigenvalue weighted by Crippen LogP contribution is 2.18. The van der Waals surface area contributed by atoms with Crippen LogP contribution in [0.15, 0.2) is 17.4 Å². The fraction of sp³-hybridized carbons (Fsp3) is 0.444. The van der Waals surface area contributed by atoms with Gasteiger partial charge in [-0.05, 0) is 17.5 Å². The number of anilines is 1. The Morgan fingerprint density at radius 2 is 2.31 bits per heavy atom. The van der Waals surface area contributed by atoms with Crippen LogP contribution >= 0.6 is 0 Å². The van der Waals surface area contributed by atoms with Crippen molar-refractivity contribution in [3.63, 3.8) is 0 Å². The van der Waals surface area contributed by atoms with Gasteiger partial charge in [-0.2, -0.15) is 4.91 Å². The number of nitrogen functional groups attached to an aromatic ring is 1. The molecule has 0 atom stereocenters. The normalized spacial score (nSPS) is 10.4. The van der Waals surface area contributed by atoms with Crippen molar-refractivity contribution in [2.24, 2.45) is 5.18 Å². The van der Waals surface area contributed by atoms with Crippen LogP contribution < -0.4 is 5.73 Å². The fourth-order valence-electron chi connectivity index (χ4n) is 1.05. The molecule has 0 aliphatic rings. The number of rotatable bonds is 3. The first-order chi connectivity index (χ1) is 6.15. The highest BCUT2D eigenvalue weighted by Gasteiger charge is 2.05. The van der Waals surface area contributed by atoms with E-state index in [0.717, 1.165) is 5.56 Å². The zero-order valence-electron chi connectivity index (χ0n) is 7.82. The van der Waals surface area contributed by atoms with Gasteiger partial charge in [0.1, 0.15) is 12.4 Å². The smallest absolute Gasteiger partial charge is 0.128 e. The van der Waals surface area contributed by atoms with Crippen molar-refractivity contribution >= 4 is 5.82 Å². The lowest BCUT2D eigenvalue weighted by Crippen LogP contribution is -1.99. The van der Waals surface area contributed by atoms with Crippen LogP contribution in [0.1, 0.15) is 30.9 Å². The molecule has 13 heavy (non-hydrogen) atoms. The summed E-state index contributed by atoms with van der Waals surface area (Å²) >= 11 is 0. The molecule has 70 valence electrons. The summed E-state index contributed by atoms with van der Waals surface area (Å²) in [5.41, 5.74) is 7.35. The first-order valence-electron chi connectivity index (χ1n) is 4.18. The Balaban J connectivity index is 3.03. The van der Waals surface area contributed by atoms with Gasteiger partial charge in [0.05, 0.1) is 0 Å². The van der Waals surface area contributed by atoms with Crippen LogP contribution in [0.2, 0.25) is 0 Å². The summed E-state index contributed by atoms with van der Waals surface area (Å²) in [6, 6.07) is 1.88. The van der Waals surface area contributed by atoms with Crippen LogP contribution in [0, 0.1) is 4.91 Å². The zero-order chi connectivity index (χ0) is 9.84. The maximum Gasteiger partial charge on any atom is 0.128 e. The molecule has 0 aromatic carbocycles. The minimum atomic E-state index is 0.0966. The Labute approximate surface area is 77.1 Å². The molecular formula is C9H13N3O. The molecule has 0 aliphatic carbocycles. The maximum atomic E-state index is 10.1. The molecule has 1 aromatic rings. The van der Waals surface area contributed by atoms with E-state index in [2.05, 4.69) is 24.0 Å². The number of nitrogens with zero attached hydrogens (tertiary/aromatic N) is 2. The van der Waals surface area contributed by atoms with Gasteiger partial charge in [0.15, 0.2) is 0 Å². The molecule has 0 amide bonds. The molecule has 0 saturated heterocycles. The molecule has 1 aromatic heterocycles. The minimum absolute atomic E-state index is 0.0966. The van der Waals surface area contributed by atoms with Crippen molar-refractivity contribution in [3.05, 3.63) is 28.3 Å². The van der Waals surface area contributed by atoms with Gasteiger partial charge in [-0.3, -0.25) is 0 Å². The van der Waals surface area contributed by atoms with E-state index in [0.29, 0.717) is 17.3 Å². The third-order valence-electron chi connectivity index (χ3n) is 1.92. The van der Waals surface area contributed by atoms with E-state index in [9.17, 15) is 4.91 Å². The van der Waals surface area contributed by atoms with Gasteiger partial charge >= 0.3 is 0 Å². The Bertz CT molecular complexity index is 310. The lowest BCUT2D eigenvalue weighted by molar-refractivity contribution is 0.852. The van der Waals surface area contributed by atoms with E-state index in [4.69, 9.17) is 5.73 Å². The molecule has 0 aliphatic heterocycles. The summed E-state index contributed by atoms with van der Waals surface area (Å²) in [6.07, 6.45) is 1.73. The molecule has 1 rings (SSSR count). The number of hydrogen-bond donors (Lipinski definition) is 1. The first-order valence-corrected chi connectivity index (χ1v) is 4.18. The third-order valence-corrected chi connectivity index (χ3v) is 1.92. The molecule has 0 fully saturated rings. The van der Waals surface area contributed by atoms with E-state index >= 15 is 0 Å². The first kappa shape index (κ1) is 9.64. The van der Waals surface area contributed by atoms with Crippen LogP contribution in [0.25, 0.3) is 0 Å². The van der Waals surface area contributed by atoms with Crippen molar-refractivity contribution in [1.82, 2.24) is 4.98 Å². The maximum absolute atomic E-state index is 10.1. The predicted molar refractivity (Wildman–Crippen MR) is 52.2 cm³/mol. The fourth-order valence-corrected chi connectivity index (χ4v) is 1.05. The largest absolute Gasteiger partial charge is 0.383 e. The second kappa shape index (κ2) is 3.98. The van der Waals surface area contributed by atoms with E-state index in [1.54, 1.807) is 6.20 Å². The highest BCUT2D eigenvalue weighted by molar-refractivity contribution is 5.41. The highest BCUT2D eigenvalue weighted by atomic mass is 16.3. The molecule has 0 bridgehead atoms. The molecule has 4 nitrogen and oxygen atoms in total. The number of nitroso groups, excluding NO2 is 1. The van der Waals surface area contributed by atoms with E-state index < -0.39 is 0 Å². The second-order valence-electron chi connectivity index (χ2n) is 3.25. The summed E-state index contributed by atoms with van der Waals surface area (Å²) in [6.45, 7) is 4.22. The van der Waals surface area contributed by atoms with Gasteiger partial charge in [0, 0.05) is 11.8 Å². The van der Waals surface area contributed by atoms with Crippen molar-refractivity contribution < 1.29 is 0 Å². The van der Waals surface area contributed by atoms with Crippen LogP contribution in [-0.2, 0) is 6.54 Å². The Kier molecular flexibility index (Phi) is 2.95. The van der Waals surface area contributed by atoms with Gasteiger partial charge < -0.3 is 5.73 Å². The number of pyridine rings is 1. The Morgan fingerprint density at radius 1 is 1.62 bits per heavy atom. The van der Waals surface area contributed by atoms with Gasteiger partial charge in [0.2, 0.25) is 0 Å². The lowest BCUT2D eigenvalue weighted by Gasteiger charge is -2.07. The molecule has 1 heterocycles. The standard InChI is InChI=1S/C9H13N3O/c1-6(2)7-3-8(5-12-13)9(10)11-4-7/h3-4,6H,5H2,1-2H3,(H2,10,11). The SMILES string of the molecule is CC(C)c1cnc(N)c(CN=O)c1.